The van der Waals surface area contributed by atoms with E-state index in [4.69, 9.17) is 0 Å². The number of fused-ring (bicyclic) bond motifs is 1. The number of carbonyl (C=O) groups is 4. The number of nitrogens with one attached hydrogen (secondary N) is 2. The van der Waals surface area contributed by atoms with Crippen molar-refractivity contribution in [3.8, 4) is 5.00 Å². The Balaban J connectivity index is 1.42. The maximum Gasteiger partial charge on any atom is 0.335 e. The predicted octanol–water partition coefficient (Wildman–Crippen LogP) is 5.35. The maximum absolute atomic E-state index is 13.7. The fraction of sp³-hybridized carbons (Fsp3) is 0.194. The first-order chi connectivity index (χ1) is 19.8. The van der Waals surface area contributed by atoms with Crippen LogP contribution in [0.3, 0.4) is 0 Å². The highest BCUT2D eigenvalue weighted by molar-refractivity contribution is 7.15. The van der Waals surface area contributed by atoms with Gasteiger partial charge in [0.05, 0.1) is 11.3 Å². The summed E-state index contributed by atoms with van der Waals surface area (Å²) in [6.45, 7) is 3.83. The fourth-order valence-electron chi connectivity index (χ4n) is 5.45. The minimum absolute atomic E-state index is 0.158. The van der Waals surface area contributed by atoms with Crippen molar-refractivity contribution in [1.82, 2.24) is 14.9 Å². The van der Waals surface area contributed by atoms with Crippen molar-refractivity contribution in [1.29, 1.82) is 0 Å². The number of anilines is 2. The lowest BCUT2D eigenvalue weighted by molar-refractivity contribution is -0.122. The van der Waals surface area contributed by atoms with Crippen molar-refractivity contribution < 1.29 is 19.2 Å². The fourth-order valence-corrected chi connectivity index (χ4v) is 6.94. The molecule has 1 saturated heterocycles. The normalized spacial score (nSPS) is 16.1. The van der Waals surface area contributed by atoms with Gasteiger partial charge >= 0.3 is 6.03 Å². The van der Waals surface area contributed by atoms with Crippen LogP contribution in [-0.4, -0.2) is 33.3 Å². The van der Waals surface area contributed by atoms with Crippen molar-refractivity contribution in [3.63, 3.8) is 0 Å². The molecule has 0 spiro atoms. The molecule has 1 fully saturated rings. The van der Waals surface area contributed by atoms with Crippen molar-refractivity contribution in [2.24, 2.45) is 0 Å². The number of nitrogens with zero attached hydrogens (tertiary/aromatic N) is 3. The van der Waals surface area contributed by atoms with Gasteiger partial charge in [-0.15, -0.1) is 11.3 Å². The molecule has 0 unspecified atom stereocenters. The zero-order valence-corrected chi connectivity index (χ0v) is 23.4. The first-order valence-electron chi connectivity index (χ1n) is 13.3. The molecule has 2 aliphatic rings. The van der Waals surface area contributed by atoms with E-state index in [1.807, 2.05) is 54.8 Å². The van der Waals surface area contributed by atoms with Gasteiger partial charge in [-0.2, -0.15) is 0 Å². The lowest BCUT2D eigenvalue weighted by atomic mass is 9.95. The molecule has 41 heavy (non-hydrogen) atoms. The highest BCUT2D eigenvalue weighted by Gasteiger charge is 2.37. The van der Waals surface area contributed by atoms with Crippen LogP contribution in [0.5, 0.6) is 0 Å². The largest absolute Gasteiger partial charge is 0.335 e. The van der Waals surface area contributed by atoms with Crippen LogP contribution >= 0.6 is 11.3 Å². The quantitative estimate of drug-likeness (QED) is 0.250. The number of pyridine rings is 1. The summed E-state index contributed by atoms with van der Waals surface area (Å²) in [4.78, 5) is 58.5. The van der Waals surface area contributed by atoms with Crippen LogP contribution in [0.25, 0.3) is 11.1 Å². The third kappa shape index (κ3) is 4.76. The van der Waals surface area contributed by atoms with Crippen LogP contribution in [0.4, 0.5) is 16.2 Å². The molecule has 6 rings (SSSR count). The van der Waals surface area contributed by atoms with Gasteiger partial charge in [-0.25, -0.2) is 9.69 Å². The van der Waals surface area contributed by atoms with Gasteiger partial charge in [0.1, 0.15) is 10.6 Å². The molecule has 1 aliphatic heterocycles. The predicted molar refractivity (Wildman–Crippen MR) is 157 cm³/mol. The van der Waals surface area contributed by atoms with Crippen molar-refractivity contribution in [2.75, 3.05) is 10.2 Å². The molecule has 3 aromatic heterocycles. The lowest BCUT2D eigenvalue weighted by Gasteiger charge is -2.26. The van der Waals surface area contributed by atoms with Crippen molar-refractivity contribution in [3.05, 3.63) is 99.5 Å². The minimum atomic E-state index is -0.813. The van der Waals surface area contributed by atoms with Crippen LogP contribution in [0.2, 0.25) is 0 Å². The summed E-state index contributed by atoms with van der Waals surface area (Å²) in [6.07, 6.45) is 8.32. The minimum Gasteiger partial charge on any atom is -0.322 e. The number of urea groups is 1. The van der Waals surface area contributed by atoms with E-state index < -0.39 is 17.8 Å². The van der Waals surface area contributed by atoms with E-state index in [1.165, 1.54) is 35.5 Å². The molecule has 0 bridgehead atoms. The van der Waals surface area contributed by atoms with Gasteiger partial charge < -0.3 is 9.88 Å². The monoisotopic (exact) mass is 565 g/mol. The highest BCUT2D eigenvalue weighted by atomic mass is 32.1. The van der Waals surface area contributed by atoms with Gasteiger partial charge in [0.25, 0.3) is 17.7 Å². The molecule has 9 nitrogen and oxygen atoms in total. The van der Waals surface area contributed by atoms with Crippen LogP contribution in [-0.2, 0) is 22.4 Å². The van der Waals surface area contributed by atoms with E-state index in [2.05, 4.69) is 15.6 Å². The number of rotatable bonds is 5. The third-order valence-corrected chi connectivity index (χ3v) is 8.68. The molecule has 5 amide bonds. The van der Waals surface area contributed by atoms with E-state index >= 15 is 0 Å². The standard InChI is InChI=1S/C31H27N5O4S/c1-18-16-20(17-24-27(37)34-31(40)36(29(24)39)22-12-14-32-15-13-22)19(2)35(18)30-26(23-10-6-7-11-25(23)41-30)28(38)33-21-8-4-3-5-9-21/h3-5,8-9,12-17H,6-7,10-11H2,1-2H3,(H,33,38)(H,34,37,40)/b24-17+. The second kappa shape index (κ2) is 10.6. The summed E-state index contributed by atoms with van der Waals surface area (Å²) < 4.78 is 2.02. The molecule has 206 valence electrons. The molecule has 4 aromatic rings. The topological polar surface area (TPSA) is 113 Å². The van der Waals surface area contributed by atoms with Gasteiger partial charge in [0, 0.05) is 34.3 Å². The lowest BCUT2D eigenvalue weighted by Crippen LogP contribution is -2.54. The third-order valence-electron chi connectivity index (χ3n) is 7.41. The number of amides is 5. The second-order valence-corrected chi connectivity index (χ2v) is 11.1. The summed E-state index contributed by atoms with van der Waals surface area (Å²) in [7, 11) is 0. The summed E-state index contributed by atoms with van der Waals surface area (Å²) in [6, 6.07) is 13.5. The number of thiophene rings is 1. The number of hydrogen-bond donors (Lipinski definition) is 2. The van der Waals surface area contributed by atoms with Gasteiger partial charge in [0.2, 0.25) is 0 Å². The Labute approximate surface area is 240 Å². The Hall–Kier alpha value is -4.83. The number of para-hydroxylation sites is 1. The Morgan fingerprint density at radius 3 is 2.51 bits per heavy atom. The molecule has 1 aromatic carbocycles. The number of barbiturate groups is 1. The Kier molecular flexibility index (Phi) is 6.84. The van der Waals surface area contributed by atoms with Crippen LogP contribution in [0, 0.1) is 13.8 Å². The smallest absolute Gasteiger partial charge is 0.322 e. The number of aryl methyl sites for hydroxylation is 2. The molecule has 0 radical (unpaired) electrons. The number of imide groups is 2. The van der Waals surface area contributed by atoms with E-state index in [0.717, 1.165) is 58.2 Å². The molecule has 2 N–H and O–H groups in total. The molecular weight excluding hydrogens is 538 g/mol. The van der Waals surface area contributed by atoms with E-state index in [9.17, 15) is 19.2 Å². The molecule has 4 heterocycles. The average Bonchev–Trinajstić information content (AvgIpc) is 3.47. The molecule has 0 saturated carbocycles. The van der Waals surface area contributed by atoms with Crippen LogP contribution in [0.1, 0.15) is 50.6 Å². The molecule has 0 atom stereocenters. The Morgan fingerprint density at radius 1 is 1.02 bits per heavy atom. The van der Waals surface area contributed by atoms with Crippen LogP contribution < -0.4 is 15.5 Å². The summed E-state index contributed by atoms with van der Waals surface area (Å²) in [5.74, 6) is -1.64. The zero-order valence-electron chi connectivity index (χ0n) is 22.6. The molecular formula is C31H27N5O4S. The van der Waals surface area contributed by atoms with E-state index in [-0.39, 0.29) is 11.5 Å². The van der Waals surface area contributed by atoms with E-state index in [1.54, 1.807) is 11.3 Å². The molecule has 1 aliphatic carbocycles. The van der Waals surface area contributed by atoms with Gasteiger partial charge in [0.15, 0.2) is 0 Å². The highest BCUT2D eigenvalue weighted by Crippen LogP contribution is 2.39. The van der Waals surface area contributed by atoms with Gasteiger partial charge in [-0.1, -0.05) is 18.2 Å². The first kappa shape index (κ1) is 26.4. The SMILES string of the molecule is Cc1cc(/C=C2\C(=O)NC(=O)N(c3ccncc3)C2=O)c(C)n1-c1sc2c(c1C(=O)Nc1ccccc1)CCCC2. The summed E-state index contributed by atoms with van der Waals surface area (Å²) >= 11 is 1.62. The summed E-state index contributed by atoms with van der Waals surface area (Å²) in [5.41, 5.74) is 4.90. The second-order valence-electron chi connectivity index (χ2n) is 10.0. The van der Waals surface area contributed by atoms with Crippen LogP contribution in [0.15, 0.2) is 66.5 Å². The van der Waals surface area contributed by atoms with Gasteiger partial charge in [-0.05, 0) is 87.1 Å². The van der Waals surface area contributed by atoms with E-state index in [0.29, 0.717) is 16.8 Å². The Bertz CT molecular complexity index is 1740. The number of aromatic nitrogens is 2. The zero-order chi connectivity index (χ0) is 28.7. The van der Waals surface area contributed by atoms with Gasteiger partial charge in [-0.3, -0.25) is 24.7 Å². The summed E-state index contributed by atoms with van der Waals surface area (Å²) in [5, 5.41) is 6.13. The molecule has 10 heteroatoms. The maximum atomic E-state index is 13.7. The number of carbonyl (C=O) groups excluding carboxylic acids is 4. The average molecular weight is 566 g/mol. The number of benzene rings is 1. The Morgan fingerprint density at radius 2 is 1.76 bits per heavy atom. The van der Waals surface area contributed by atoms with Crippen molar-refractivity contribution in [2.45, 2.75) is 39.5 Å². The number of hydrogen-bond acceptors (Lipinski definition) is 6. The van der Waals surface area contributed by atoms with Crippen molar-refractivity contribution >= 4 is 52.5 Å². The first-order valence-corrected chi connectivity index (χ1v) is 14.2.